The van der Waals surface area contributed by atoms with Gasteiger partial charge in [-0.15, -0.1) is 0 Å². The lowest BCUT2D eigenvalue weighted by Crippen LogP contribution is -2.30. The van der Waals surface area contributed by atoms with Gasteiger partial charge in [-0.3, -0.25) is 9.69 Å². The van der Waals surface area contributed by atoms with Crippen LogP contribution in [0.3, 0.4) is 0 Å². The van der Waals surface area contributed by atoms with E-state index in [4.69, 9.17) is 9.84 Å². The molecular formula is C13H16N2O4. The fraction of sp³-hybridized carbons (Fsp3) is 0.385. The molecule has 1 amide bonds. The van der Waals surface area contributed by atoms with Crippen LogP contribution < -0.4 is 4.90 Å². The van der Waals surface area contributed by atoms with Gasteiger partial charge in [0, 0.05) is 19.8 Å². The van der Waals surface area contributed by atoms with Gasteiger partial charge in [-0.1, -0.05) is 12.1 Å². The minimum absolute atomic E-state index is 0.270. The number of carbonyl (C=O) groups excluding carboxylic acids is 1. The van der Waals surface area contributed by atoms with Crippen LogP contribution in [0.5, 0.6) is 0 Å². The summed E-state index contributed by atoms with van der Waals surface area (Å²) < 4.78 is 5.17. The van der Waals surface area contributed by atoms with Gasteiger partial charge in [-0.25, -0.2) is 4.79 Å². The molecule has 19 heavy (non-hydrogen) atoms. The number of ether oxygens (including phenoxy) is 1. The summed E-state index contributed by atoms with van der Waals surface area (Å²) in [6, 6.07) is 7.64. The Labute approximate surface area is 111 Å². The molecule has 0 radical (unpaired) electrons. The number of benzene rings is 1. The van der Waals surface area contributed by atoms with E-state index in [1.165, 1.54) is 4.90 Å². The summed E-state index contributed by atoms with van der Waals surface area (Å²) in [6.07, 6.45) is -0.979. The maximum atomic E-state index is 11.5. The van der Waals surface area contributed by atoms with Crippen LogP contribution in [0.2, 0.25) is 0 Å². The topological polar surface area (TPSA) is 70.1 Å². The standard InChI is InChI=1S/C13H16N2O4/c1-14(2)10-5-3-9(4-6-10)11-7-15(8-12(16)17)13(18)19-11/h3-6,11H,7-8H2,1-2H3,(H,16,17). The van der Waals surface area contributed by atoms with E-state index in [0.29, 0.717) is 0 Å². The van der Waals surface area contributed by atoms with Crippen LogP contribution in [0.1, 0.15) is 11.7 Å². The van der Waals surface area contributed by atoms with Crippen LogP contribution in [-0.2, 0) is 9.53 Å². The fourth-order valence-corrected chi connectivity index (χ4v) is 1.96. The maximum Gasteiger partial charge on any atom is 0.411 e. The highest BCUT2D eigenvalue weighted by Gasteiger charge is 2.33. The molecule has 2 rings (SSSR count). The highest BCUT2D eigenvalue weighted by Crippen LogP contribution is 2.27. The first kappa shape index (κ1) is 13.2. The van der Waals surface area contributed by atoms with E-state index < -0.39 is 18.2 Å². The molecule has 1 fully saturated rings. The van der Waals surface area contributed by atoms with Crippen molar-refractivity contribution in [2.45, 2.75) is 6.10 Å². The number of aliphatic carboxylic acids is 1. The first-order valence-corrected chi connectivity index (χ1v) is 5.92. The lowest BCUT2D eigenvalue weighted by molar-refractivity contribution is -0.137. The average molecular weight is 264 g/mol. The molecule has 102 valence electrons. The number of amides is 1. The molecule has 6 heteroatoms. The SMILES string of the molecule is CN(C)c1ccc(C2CN(CC(=O)O)C(=O)O2)cc1. The minimum Gasteiger partial charge on any atom is -0.480 e. The second-order valence-corrected chi connectivity index (χ2v) is 4.63. The molecule has 1 aliphatic heterocycles. The van der Waals surface area contributed by atoms with Gasteiger partial charge in [0.05, 0.1) is 6.54 Å². The number of cyclic esters (lactones) is 1. The molecule has 1 N–H and O–H groups in total. The smallest absolute Gasteiger partial charge is 0.411 e. The number of anilines is 1. The van der Waals surface area contributed by atoms with Crippen molar-refractivity contribution < 1.29 is 19.4 Å². The number of carbonyl (C=O) groups is 2. The Balaban J connectivity index is 2.07. The van der Waals surface area contributed by atoms with Crippen LogP contribution in [0, 0.1) is 0 Å². The predicted octanol–water partition coefficient (Wildman–Crippen LogP) is 1.33. The summed E-state index contributed by atoms with van der Waals surface area (Å²) in [5, 5.41) is 8.69. The van der Waals surface area contributed by atoms with Crippen molar-refractivity contribution in [1.29, 1.82) is 0 Å². The molecule has 1 aromatic carbocycles. The highest BCUT2D eigenvalue weighted by molar-refractivity contribution is 5.78. The first-order chi connectivity index (χ1) is 8.97. The van der Waals surface area contributed by atoms with Crippen molar-refractivity contribution in [2.24, 2.45) is 0 Å². The molecule has 0 saturated carbocycles. The Hall–Kier alpha value is -2.24. The van der Waals surface area contributed by atoms with E-state index in [9.17, 15) is 9.59 Å². The van der Waals surface area contributed by atoms with Gasteiger partial charge in [-0.2, -0.15) is 0 Å². The summed E-state index contributed by atoms with van der Waals surface area (Å²) in [4.78, 5) is 25.3. The van der Waals surface area contributed by atoms with Crippen molar-refractivity contribution in [1.82, 2.24) is 4.90 Å². The highest BCUT2D eigenvalue weighted by atomic mass is 16.6. The van der Waals surface area contributed by atoms with Crippen molar-refractivity contribution in [3.05, 3.63) is 29.8 Å². The van der Waals surface area contributed by atoms with Crippen LogP contribution in [0.25, 0.3) is 0 Å². The van der Waals surface area contributed by atoms with E-state index >= 15 is 0 Å². The third kappa shape index (κ3) is 2.96. The fourth-order valence-electron chi connectivity index (χ4n) is 1.96. The first-order valence-electron chi connectivity index (χ1n) is 5.92. The summed E-state index contributed by atoms with van der Waals surface area (Å²) >= 11 is 0. The monoisotopic (exact) mass is 264 g/mol. The number of hydrogen-bond acceptors (Lipinski definition) is 4. The van der Waals surface area contributed by atoms with Crippen molar-refractivity contribution in [3.63, 3.8) is 0 Å². The van der Waals surface area contributed by atoms with Crippen LogP contribution in [0.4, 0.5) is 10.5 Å². The summed E-state index contributed by atoms with van der Waals surface area (Å²) in [6.45, 7) is -0.0580. The van der Waals surface area contributed by atoms with Crippen LogP contribution in [-0.4, -0.2) is 49.3 Å². The van der Waals surface area contributed by atoms with Gasteiger partial charge >= 0.3 is 12.1 Å². The second kappa shape index (κ2) is 5.17. The van der Waals surface area contributed by atoms with E-state index in [1.807, 2.05) is 43.3 Å². The Morgan fingerprint density at radius 2 is 2.05 bits per heavy atom. The molecule has 0 aromatic heterocycles. The zero-order valence-electron chi connectivity index (χ0n) is 10.9. The van der Waals surface area contributed by atoms with Crippen LogP contribution in [0.15, 0.2) is 24.3 Å². The van der Waals surface area contributed by atoms with Gasteiger partial charge in [-0.05, 0) is 17.7 Å². The zero-order valence-corrected chi connectivity index (χ0v) is 10.9. The molecular weight excluding hydrogens is 248 g/mol. The Morgan fingerprint density at radius 1 is 1.42 bits per heavy atom. The van der Waals surface area contributed by atoms with Crippen molar-refractivity contribution >= 4 is 17.7 Å². The Morgan fingerprint density at radius 3 is 2.58 bits per heavy atom. The molecule has 6 nitrogen and oxygen atoms in total. The van der Waals surface area contributed by atoms with E-state index in [-0.39, 0.29) is 13.1 Å². The Kier molecular flexibility index (Phi) is 3.59. The zero-order chi connectivity index (χ0) is 14.0. The third-order valence-corrected chi connectivity index (χ3v) is 2.99. The van der Waals surface area contributed by atoms with Gasteiger partial charge in [0.15, 0.2) is 0 Å². The molecule has 0 spiro atoms. The molecule has 1 unspecified atom stereocenters. The molecule has 1 saturated heterocycles. The number of carboxylic acids is 1. The van der Waals surface area contributed by atoms with Gasteiger partial charge in [0.2, 0.25) is 0 Å². The van der Waals surface area contributed by atoms with Crippen molar-refractivity contribution in [3.8, 4) is 0 Å². The second-order valence-electron chi connectivity index (χ2n) is 4.63. The molecule has 1 atom stereocenters. The summed E-state index contributed by atoms with van der Waals surface area (Å²) in [7, 11) is 3.89. The Bertz CT molecular complexity index is 484. The van der Waals surface area contributed by atoms with Gasteiger partial charge in [0.1, 0.15) is 12.6 Å². The number of carboxylic acid groups (broad SMARTS) is 1. The average Bonchev–Trinajstić information content (AvgIpc) is 2.70. The minimum atomic E-state index is -1.04. The maximum absolute atomic E-state index is 11.5. The van der Waals surface area contributed by atoms with Crippen molar-refractivity contribution in [2.75, 3.05) is 32.1 Å². The predicted molar refractivity (Wildman–Crippen MR) is 69.2 cm³/mol. The lowest BCUT2D eigenvalue weighted by atomic mass is 10.1. The largest absolute Gasteiger partial charge is 0.480 e. The molecule has 0 aliphatic carbocycles. The molecule has 1 heterocycles. The number of hydrogen-bond donors (Lipinski definition) is 1. The molecule has 1 aromatic rings. The van der Waals surface area contributed by atoms with E-state index in [2.05, 4.69) is 0 Å². The molecule has 0 bridgehead atoms. The summed E-state index contributed by atoms with van der Waals surface area (Å²) in [5.41, 5.74) is 1.92. The van der Waals surface area contributed by atoms with Gasteiger partial charge in [0.25, 0.3) is 0 Å². The quantitative estimate of drug-likeness (QED) is 0.888. The number of rotatable bonds is 4. The molecule has 1 aliphatic rings. The number of nitrogens with zero attached hydrogens (tertiary/aromatic N) is 2. The summed E-state index contributed by atoms with van der Waals surface area (Å²) in [5.74, 6) is -1.04. The van der Waals surface area contributed by atoms with E-state index in [0.717, 1.165) is 11.3 Å². The normalized spacial score (nSPS) is 18.3. The van der Waals surface area contributed by atoms with Gasteiger partial charge < -0.3 is 14.7 Å². The van der Waals surface area contributed by atoms with Crippen LogP contribution >= 0.6 is 0 Å². The third-order valence-electron chi connectivity index (χ3n) is 2.99. The van der Waals surface area contributed by atoms with E-state index in [1.54, 1.807) is 0 Å². The lowest BCUT2D eigenvalue weighted by Gasteiger charge is -2.14.